The third-order valence-electron chi connectivity index (χ3n) is 4.64. The molecular weight excluding hydrogens is 471 g/mol. The first-order valence-corrected chi connectivity index (χ1v) is 10.0. The smallest absolute Gasteiger partial charge is 0.150 e. The van der Waals surface area contributed by atoms with Crippen molar-refractivity contribution in [2.24, 2.45) is 7.05 Å². The van der Waals surface area contributed by atoms with Gasteiger partial charge in [-0.2, -0.15) is 5.26 Å². The highest BCUT2D eigenvalue weighted by Gasteiger charge is 2.16. The first-order valence-electron chi connectivity index (χ1n) is 8.83. The minimum atomic E-state index is -0.510. The number of imidazole rings is 1. The van der Waals surface area contributed by atoms with Crippen molar-refractivity contribution in [1.82, 2.24) is 14.5 Å². The summed E-state index contributed by atoms with van der Waals surface area (Å²) in [4.78, 5) is 10.7. The molecule has 0 aliphatic heterocycles. The Morgan fingerprint density at radius 3 is 2.73 bits per heavy atom. The van der Waals surface area contributed by atoms with E-state index in [9.17, 15) is 9.65 Å². The summed E-state index contributed by atoms with van der Waals surface area (Å²) < 4.78 is 16.2. The van der Waals surface area contributed by atoms with E-state index in [1.54, 1.807) is 12.4 Å². The normalized spacial score (nSPS) is 10.8. The second-order valence-electron chi connectivity index (χ2n) is 6.69. The lowest BCUT2D eigenvalue weighted by atomic mass is 10.1. The molecule has 0 fully saturated rings. The highest BCUT2D eigenvalue weighted by atomic mass is 79.9. The zero-order valence-electron chi connectivity index (χ0n) is 16.0. The van der Waals surface area contributed by atoms with Gasteiger partial charge in [-0.05, 0) is 46.3 Å². The molecule has 0 bridgehead atoms. The third kappa shape index (κ3) is 3.70. The number of aromatic nitrogens is 3. The molecule has 4 rings (SSSR count). The van der Waals surface area contributed by atoms with Crippen LogP contribution in [0.15, 0.2) is 53.5 Å². The number of hydrogen-bond donors (Lipinski definition) is 1. The van der Waals surface area contributed by atoms with Gasteiger partial charge < -0.3 is 14.8 Å². The average molecular weight is 486 g/mol. The molecule has 1 N–H and O–H groups in total. The van der Waals surface area contributed by atoms with Crippen LogP contribution in [0.2, 0.25) is 5.02 Å². The van der Waals surface area contributed by atoms with Crippen LogP contribution in [0.25, 0.3) is 10.9 Å². The minimum Gasteiger partial charge on any atom is -0.354 e. The standard InChI is InChI=1S/C21H15BrClFN6/c1-29-10-19(27-11-29)30(2)14-6-15-20(28-13-3-4-18(24)17(23)5-13)12(8-25)9-26-21(15)16(22)7-14/h3-7,9-11H,1-2H3,(H,26,28). The van der Waals surface area contributed by atoms with Gasteiger partial charge in [0.1, 0.15) is 11.9 Å². The maximum Gasteiger partial charge on any atom is 0.150 e. The summed E-state index contributed by atoms with van der Waals surface area (Å²) in [7, 11) is 3.81. The molecule has 150 valence electrons. The van der Waals surface area contributed by atoms with Crippen molar-refractivity contribution in [2.45, 2.75) is 0 Å². The van der Waals surface area contributed by atoms with Crippen LogP contribution in [0.3, 0.4) is 0 Å². The molecule has 0 radical (unpaired) electrons. The molecule has 6 nitrogen and oxygen atoms in total. The van der Waals surface area contributed by atoms with Crippen molar-refractivity contribution in [1.29, 1.82) is 5.26 Å². The molecule has 0 aliphatic carbocycles. The van der Waals surface area contributed by atoms with E-state index in [2.05, 4.69) is 37.3 Å². The van der Waals surface area contributed by atoms with Crippen molar-refractivity contribution in [3.05, 3.63) is 69.9 Å². The van der Waals surface area contributed by atoms with Crippen LogP contribution in [0.5, 0.6) is 0 Å². The van der Waals surface area contributed by atoms with E-state index in [0.717, 1.165) is 21.4 Å². The molecule has 0 unspecified atom stereocenters. The van der Waals surface area contributed by atoms with Crippen molar-refractivity contribution in [3.63, 3.8) is 0 Å². The van der Waals surface area contributed by atoms with Crippen LogP contribution in [-0.4, -0.2) is 21.6 Å². The van der Waals surface area contributed by atoms with Gasteiger partial charge in [0.25, 0.3) is 0 Å². The van der Waals surface area contributed by atoms with Gasteiger partial charge in [0.2, 0.25) is 0 Å². The van der Waals surface area contributed by atoms with Gasteiger partial charge in [0, 0.05) is 47.7 Å². The van der Waals surface area contributed by atoms with Gasteiger partial charge in [-0.15, -0.1) is 0 Å². The summed E-state index contributed by atoms with van der Waals surface area (Å²) >= 11 is 9.50. The van der Waals surface area contributed by atoms with E-state index in [0.29, 0.717) is 22.5 Å². The number of aryl methyl sites for hydroxylation is 1. The predicted molar refractivity (Wildman–Crippen MR) is 120 cm³/mol. The van der Waals surface area contributed by atoms with Gasteiger partial charge in [-0.3, -0.25) is 4.98 Å². The number of hydrogen-bond acceptors (Lipinski definition) is 5. The van der Waals surface area contributed by atoms with E-state index in [1.165, 1.54) is 18.3 Å². The Balaban J connectivity index is 1.88. The van der Waals surface area contributed by atoms with Crippen LogP contribution in [0.1, 0.15) is 5.56 Å². The number of pyridine rings is 1. The Kier molecular flexibility index (Phi) is 5.33. The highest BCUT2D eigenvalue weighted by molar-refractivity contribution is 9.10. The number of anilines is 4. The molecule has 0 saturated carbocycles. The number of nitriles is 1. The highest BCUT2D eigenvalue weighted by Crippen LogP contribution is 2.37. The zero-order chi connectivity index (χ0) is 21.4. The van der Waals surface area contributed by atoms with Crippen molar-refractivity contribution < 1.29 is 4.39 Å². The molecule has 2 heterocycles. The fourth-order valence-corrected chi connectivity index (χ4v) is 3.81. The average Bonchev–Trinajstić information content (AvgIpc) is 3.16. The van der Waals surface area contributed by atoms with Crippen LogP contribution in [-0.2, 0) is 7.05 Å². The molecule has 0 amide bonds. The number of rotatable bonds is 4. The molecule has 0 spiro atoms. The van der Waals surface area contributed by atoms with E-state index in [-0.39, 0.29) is 5.02 Å². The van der Waals surface area contributed by atoms with E-state index in [4.69, 9.17) is 11.6 Å². The zero-order valence-corrected chi connectivity index (χ0v) is 18.3. The Bertz CT molecular complexity index is 1310. The number of nitrogens with one attached hydrogen (secondary N) is 1. The van der Waals surface area contributed by atoms with Crippen molar-refractivity contribution >= 4 is 61.3 Å². The third-order valence-corrected chi connectivity index (χ3v) is 5.54. The lowest BCUT2D eigenvalue weighted by Crippen LogP contribution is -2.10. The quantitative estimate of drug-likeness (QED) is 0.389. The van der Waals surface area contributed by atoms with Crippen molar-refractivity contribution in [3.8, 4) is 6.07 Å². The minimum absolute atomic E-state index is 0.00590. The number of benzene rings is 2. The first kappa shape index (κ1) is 20.1. The summed E-state index contributed by atoms with van der Waals surface area (Å²) in [5, 5.41) is 13.5. The lowest BCUT2D eigenvalue weighted by molar-refractivity contribution is 0.628. The number of nitrogens with zero attached hydrogens (tertiary/aromatic N) is 5. The Morgan fingerprint density at radius 2 is 2.07 bits per heavy atom. The Morgan fingerprint density at radius 1 is 1.27 bits per heavy atom. The summed E-state index contributed by atoms with van der Waals surface area (Å²) in [5.41, 5.74) is 3.01. The second kappa shape index (κ2) is 7.94. The largest absolute Gasteiger partial charge is 0.354 e. The fraction of sp³-hybridized carbons (Fsp3) is 0.0952. The van der Waals surface area contributed by atoms with Crippen LogP contribution < -0.4 is 10.2 Å². The molecule has 0 aliphatic rings. The maximum absolute atomic E-state index is 13.6. The van der Waals surface area contributed by atoms with Gasteiger partial charge in [-0.1, -0.05) is 11.6 Å². The SMILES string of the molecule is CN(c1cc(Br)c2ncc(C#N)c(Nc3ccc(F)c(Cl)c3)c2c1)c1cn(C)cn1. The summed E-state index contributed by atoms with van der Waals surface area (Å²) in [6.45, 7) is 0. The van der Waals surface area contributed by atoms with E-state index < -0.39 is 5.82 Å². The summed E-state index contributed by atoms with van der Waals surface area (Å²) in [5.74, 6) is 0.261. The van der Waals surface area contributed by atoms with Gasteiger partial charge >= 0.3 is 0 Å². The van der Waals surface area contributed by atoms with Gasteiger partial charge in [0.15, 0.2) is 5.82 Å². The molecule has 30 heavy (non-hydrogen) atoms. The van der Waals surface area contributed by atoms with Crippen LogP contribution in [0.4, 0.5) is 27.3 Å². The van der Waals surface area contributed by atoms with Gasteiger partial charge in [-0.25, -0.2) is 9.37 Å². The van der Waals surface area contributed by atoms with Crippen LogP contribution in [0, 0.1) is 17.1 Å². The molecule has 0 atom stereocenters. The first-order chi connectivity index (χ1) is 14.4. The lowest BCUT2D eigenvalue weighted by Gasteiger charge is -2.19. The molecular formula is C21H15BrClFN6. The van der Waals surface area contributed by atoms with E-state index >= 15 is 0 Å². The van der Waals surface area contributed by atoms with E-state index in [1.807, 2.05) is 41.9 Å². The monoisotopic (exact) mass is 484 g/mol. The fourth-order valence-electron chi connectivity index (χ4n) is 3.08. The maximum atomic E-state index is 13.6. The molecule has 9 heteroatoms. The van der Waals surface area contributed by atoms with Crippen LogP contribution >= 0.6 is 27.5 Å². The predicted octanol–water partition coefficient (Wildman–Crippen LogP) is 5.91. The molecule has 4 aromatic rings. The number of halogens is 3. The topological polar surface area (TPSA) is 69.8 Å². The molecule has 2 aromatic carbocycles. The second-order valence-corrected chi connectivity index (χ2v) is 7.95. The summed E-state index contributed by atoms with van der Waals surface area (Å²) in [6.07, 6.45) is 5.13. The Hall–Kier alpha value is -3.15. The number of fused-ring (bicyclic) bond motifs is 1. The van der Waals surface area contributed by atoms with Crippen molar-refractivity contribution in [2.75, 3.05) is 17.3 Å². The summed E-state index contributed by atoms with van der Waals surface area (Å²) in [6, 6.07) is 10.3. The molecule has 0 saturated heterocycles. The van der Waals surface area contributed by atoms with Gasteiger partial charge in [0.05, 0.1) is 28.1 Å². The Labute approximate surface area is 185 Å². The molecule has 2 aromatic heterocycles.